The van der Waals surface area contributed by atoms with Gasteiger partial charge in [0.2, 0.25) is 0 Å². The van der Waals surface area contributed by atoms with Gasteiger partial charge >= 0.3 is 0 Å². The summed E-state index contributed by atoms with van der Waals surface area (Å²) in [6.07, 6.45) is 1.99. The molecule has 12 heavy (non-hydrogen) atoms. The zero-order valence-electron chi connectivity index (χ0n) is 8.89. The first-order chi connectivity index (χ1) is 5.51. The molecule has 72 valence electrons. The van der Waals surface area contributed by atoms with Crippen LogP contribution in [0.15, 0.2) is 12.7 Å². The standard InChI is InChI=1S/C8H21N3Si/c1-7-8-12(9-2,10(3)4)11(5)6/h7,9H,1,8H2,2-6H3. The van der Waals surface area contributed by atoms with Crippen LogP contribution in [0.25, 0.3) is 0 Å². The molecular formula is C8H21N3Si. The molecule has 0 aromatic heterocycles. The Balaban J connectivity index is 4.62. The molecule has 0 saturated heterocycles. The molecule has 0 spiro atoms. The van der Waals surface area contributed by atoms with Gasteiger partial charge in [0.25, 0.3) is 8.56 Å². The van der Waals surface area contributed by atoms with Gasteiger partial charge in [0, 0.05) is 6.04 Å². The summed E-state index contributed by atoms with van der Waals surface area (Å²) in [6, 6.07) is 1.03. The molecule has 0 aliphatic rings. The van der Waals surface area contributed by atoms with Gasteiger partial charge in [-0.1, -0.05) is 6.08 Å². The second-order valence-corrected chi connectivity index (χ2v) is 7.68. The van der Waals surface area contributed by atoms with Crippen molar-refractivity contribution in [3.8, 4) is 0 Å². The number of nitrogens with zero attached hydrogens (tertiary/aromatic N) is 2. The van der Waals surface area contributed by atoms with Gasteiger partial charge in [-0.25, -0.2) is 0 Å². The predicted octanol–water partition coefficient (Wildman–Crippen LogP) is 0.454. The predicted molar refractivity (Wildman–Crippen MR) is 57.2 cm³/mol. The van der Waals surface area contributed by atoms with Gasteiger partial charge in [0.15, 0.2) is 0 Å². The lowest BCUT2D eigenvalue weighted by atomic mass is 10.8. The molecule has 0 aromatic carbocycles. The summed E-state index contributed by atoms with van der Waals surface area (Å²) in [7, 11) is 8.87. The largest absolute Gasteiger partial charge is 0.316 e. The molecule has 1 N–H and O–H groups in total. The molecule has 0 aliphatic heterocycles. The molecule has 0 atom stereocenters. The Morgan fingerprint density at radius 3 is 1.75 bits per heavy atom. The van der Waals surface area contributed by atoms with Crippen LogP contribution in [0.3, 0.4) is 0 Å². The van der Waals surface area contributed by atoms with Crippen LogP contribution in [0.4, 0.5) is 0 Å². The maximum absolute atomic E-state index is 3.80. The third-order valence-corrected chi connectivity index (χ3v) is 6.93. The van der Waals surface area contributed by atoms with Crippen molar-refractivity contribution in [2.75, 3.05) is 35.2 Å². The van der Waals surface area contributed by atoms with Gasteiger partial charge in [-0.3, -0.25) is 0 Å². The van der Waals surface area contributed by atoms with Gasteiger partial charge < -0.3 is 14.1 Å². The molecule has 0 bridgehead atoms. The summed E-state index contributed by atoms with van der Waals surface area (Å²) >= 11 is 0. The van der Waals surface area contributed by atoms with Gasteiger partial charge in [-0.15, -0.1) is 6.58 Å². The minimum Gasteiger partial charge on any atom is -0.316 e. The molecule has 0 heterocycles. The van der Waals surface area contributed by atoms with Crippen LogP contribution < -0.4 is 4.98 Å². The van der Waals surface area contributed by atoms with Crippen molar-refractivity contribution in [2.24, 2.45) is 0 Å². The number of rotatable bonds is 5. The number of nitrogens with one attached hydrogen (secondary N) is 1. The zero-order chi connectivity index (χ0) is 9.78. The van der Waals surface area contributed by atoms with Crippen LogP contribution in [-0.4, -0.2) is 52.9 Å². The smallest absolute Gasteiger partial charge is 0.289 e. The van der Waals surface area contributed by atoms with Crippen LogP contribution >= 0.6 is 0 Å². The summed E-state index contributed by atoms with van der Waals surface area (Å²) in [5, 5.41) is 0. The highest BCUT2D eigenvalue weighted by molar-refractivity contribution is 6.72. The Morgan fingerprint density at radius 2 is 1.67 bits per heavy atom. The normalized spacial score (nSPS) is 12.6. The van der Waals surface area contributed by atoms with E-state index >= 15 is 0 Å². The van der Waals surface area contributed by atoms with E-state index in [2.05, 4.69) is 48.9 Å². The summed E-state index contributed by atoms with van der Waals surface area (Å²) in [5.41, 5.74) is 0. The molecule has 0 fully saturated rings. The minimum atomic E-state index is -1.63. The first-order valence-corrected chi connectivity index (χ1v) is 6.26. The van der Waals surface area contributed by atoms with E-state index in [1.165, 1.54) is 0 Å². The lowest BCUT2D eigenvalue weighted by Crippen LogP contribution is -2.69. The van der Waals surface area contributed by atoms with Crippen molar-refractivity contribution in [2.45, 2.75) is 6.04 Å². The third-order valence-electron chi connectivity index (χ3n) is 2.31. The molecule has 0 unspecified atom stereocenters. The highest BCUT2D eigenvalue weighted by Gasteiger charge is 2.36. The fraction of sp³-hybridized carbons (Fsp3) is 0.750. The maximum atomic E-state index is 3.80. The van der Waals surface area contributed by atoms with E-state index in [1.807, 2.05) is 13.1 Å². The zero-order valence-corrected chi connectivity index (χ0v) is 9.89. The lowest BCUT2D eigenvalue weighted by Gasteiger charge is -2.41. The van der Waals surface area contributed by atoms with E-state index in [9.17, 15) is 0 Å². The Morgan fingerprint density at radius 1 is 1.25 bits per heavy atom. The third kappa shape index (κ3) is 2.16. The van der Waals surface area contributed by atoms with Crippen molar-refractivity contribution in [1.82, 2.24) is 14.1 Å². The fourth-order valence-electron chi connectivity index (χ4n) is 1.52. The Hall–Kier alpha value is -0.163. The van der Waals surface area contributed by atoms with E-state index in [1.54, 1.807) is 0 Å². The van der Waals surface area contributed by atoms with Gasteiger partial charge in [-0.2, -0.15) is 0 Å². The Bertz CT molecular complexity index is 137. The summed E-state index contributed by atoms with van der Waals surface area (Å²) in [5.74, 6) is 0. The first kappa shape index (κ1) is 11.8. The van der Waals surface area contributed by atoms with E-state index in [0.717, 1.165) is 6.04 Å². The molecule has 0 amide bonds. The molecule has 0 radical (unpaired) electrons. The van der Waals surface area contributed by atoms with Gasteiger partial charge in [-0.05, 0) is 35.2 Å². The lowest BCUT2D eigenvalue weighted by molar-refractivity contribution is 0.464. The quantitative estimate of drug-likeness (QED) is 0.498. The van der Waals surface area contributed by atoms with Gasteiger partial charge in [0.05, 0.1) is 0 Å². The molecule has 0 saturated carbocycles. The average molecular weight is 187 g/mol. The second-order valence-electron chi connectivity index (χ2n) is 3.35. The van der Waals surface area contributed by atoms with Crippen molar-refractivity contribution in [1.29, 1.82) is 0 Å². The molecule has 4 heteroatoms. The summed E-state index contributed by atoms with van der Waals surface area (Å²) in [6.45, 7) is 3.80. The van der Waals surface area contributed by atoms with Crippen molar-refractivity contribution < 1.29 is 0 Å². The van der Waals surface area contributed by atoms with Crippen molar-refractivity contribution in [3.63, 3.8) is 0 Å². The molecule has 0 rings (SSSR count). The van der Waals surface area contributed by atoms with Crippen molar-refractivity contribution >= 4 is 8.56 Å². The topological polar surface area (TPSA) is 18.5 Å². The molecule has 0 aliphatic carbocycles. The van der Waals surface area contributed by atoms with Crippen LogP contribution in [0.5, 0.6) is 0 Å². The van der Waals surface area contributed by atoms with Crippen molar-refractivity contribution in [3.05, 3.63) is 12.7 Å². The van der Waals surface area contributed by atoms with Crippen LogP contribution in [0.1, 0.15) is 0 Å². The first-order valence-electron chi connectivity index (χ1n) is 4.16. The number of hydrogen-bond donors (Lipinski definition) is 1. The minimum absolute atomic E-state index is 1.03. The van der Waals surface area contributed by atoms with E-state index in [-0.39, 0.29) is 0 Å². The SMILES string of the molecule is C=CC[Si](NC)(N(C)C)N(C)C. The molecular weight excluding hydrogens is 166 g/mol. The van der Waals surface area contributed by atoms with Gasteiger partial charge in [0.1, 0.15) is 0 Å². The van der Waals surface area contributed by atoms with E-state index < -0.39 is 8.56 Å². The van der Waals surface area contributed by atoms with Crippen LogP contribution in [0.2, 0.25) is 6.04 Å². The van der Waals surface area contributed by atoms with Crippen LogP contribution in [-0.2, 0) is 0 Å². The second kappa shape index (κ2) is 4.76. The molecule has 0 aromatic rings. The number of allylic oxidation sites excluding steroid dienone is 1. The fourth-order valence-corrected chi connectivity index (χ4v) is 4.55. The van der Waals surface area contributed by atoms with E-state index in [4.69, 9.17) is 0 Å². The monoisotopic (exact) mass is 187 g/mol. The highest BCUT2D eigenvalue weighted by Crippen LogP contribution is 2.11. The number of hydrogen-bond acceptors (Lipinski definition) is 3. The van der Waals surface area contributed by atoms with E-state index in [0.29, 0.717) is 0 Å². The average Bonchev–Trinajstić information content (AvgIpc) is 1.98. The van der Waals surface area contributed by atoms with Crippen LogP contribution in [0, 0.1) is 0 Å². The molecule has 3 nitrogen and oxygen atoms in total. The Labute approximate surface area is 77.3 Å². The maximum Gasteiger partial charge on any atom is 0.289 e. The summed E-state index contributed by atoms with van der Waals surface area (Å²) < 4.78 is 4.57. The highest BCUT2D eigenvalue weighted by atomic mass is 28.4. The Kier molecular flexibility index (Phi) is 4.70. The summed E-state index contributed by atoms with van der Waals surface area (Å²) in [4.78, 5) is 3.43.